The van der Waals surface area contributed by atoms with E-state index in [9.17, 15) is 19.2 Å². The molecule has 4 amide bonds. The molecule has 3 atom stereocenters. The number of amides is 4. The average Bonchev–Trinajstić information content (AvgIpc) is 3.02. The molecule has 12 nitrogen and oxygen atoms in total. The molecule has 0 radical (unpaired) electrons. The van der Waals surface area contributed by atoms with Crippen LogP contribution in [-0.2, 0) is 32.1 Å². The Morgan fingerprint density at radius 1 is 0.804 bits per heavy atom. The molecule has 0 aromatic heterocycles. The van der Waals surface area contributed by atoms with Crippen molar-refractivity contribution in [3.05, 3.63) is 71.8 Å². The Morgan fingerprint density at radius 3 is 2.02 bits per heavy atom. The van der Waals surface area contributed by atoms with Gasteiger partial charge in [-0.05, 0) is 48.6 Å². The summed E-state index contributed by atoms with van der Waals surface area (Å²) in [6, 6.07) is 16.8. The number of carbonyl (C=O) groups is 4. The second-order valence-electron chi connectivity index (χ2n) is 12.0. The molecule has 0 fully saturated rings. The number of guanidine groups is 1. The number of aryl methyl sites for hydroxylation is 1. The summed E-state index contributed by atoms with van der Waals surface area (Å²) in [5.74, 6) is -0.942. The van der Waals surface area contributed by atoms with Crippen molar-refractivity contribution in [2.75, 3.05) is 13.1 Å². The number of benzene rings is 2. The number of nitrogens with zero attached hydrogens (tertiary/aromatic N) is 1. The van der Waals surface area contributed by atoms with Gasteiger partial charge in [0.25, 0.3) is 0 Å². The maximum atomic E-state index is 13.5. The molecule has 0 aliphatic heterocycles. The molecule has 2 rings (SSSR count). The van der Waals surface area contributed by atoms with Crippen LogP contribution in [0, 0.1) is 11.8 Å². The van der Waals surface area contributed by atoms with Crippen molar-refractivity contribution in [2.45, 2.75) is 84.5 Å². The normalized spacial score (nSPS) is 12.8. The average molecular weight is 638 g/mol. The van der Waals surface area contributed by atoms with Crippen LogP contribution in [0.15, 0.2) is 65.7 Å². The third-order valence-corrected chi connectivity index (χ3v) is 7.24. The Labute approximate surface area is 272 Å². The van der Waals surface area contributed by atoms with Crippen LogP contribution in [0.4, 0.5) is 4.79 Å². The van der Waals surface area contributed by atoms with E-state index in [2.05, 4.69) is 26.3 Å². The molecule has 12 heteroatoms. The summed E-state index contributed by atoms with van der Waals surface area (Å²) < 4.78 is 5.32. The summed E-state index contributed by atoms with van der Waals surface area (Å²) in [6.07, 6.45) is 1.16. The van der Waals surface area contributed by atoms with Gasteiger partial charge in [-0.25, -0.2) is 4.79 Å². The summed E-state index contributed by atoms with van der Waals surface area (Å²) in [6.45, 7) is 8.33. The second kappa shape index (κ2) is 20.4. The van der Waals surface area contributed by atoms with Crippen molar-refractivity contribution in [3.8, 4) is 0 Å². The lowest BCUT2D eigenvalue weighted by molar-refractivity contribution is -0.130. The number of alkyl carbamates (subject to hydrolysis) is 1. The van der Waals surface area contributed by atoms with E-state index in [4.69, 9.17) is 16.2 Å². The second-order valence-corrected chi connectivity index (χ2v) is 12.0. The first-order valence-corrected chi connectivity index (χ1v) is 15.9. The smallest absolute Gasteiger partial charge is 0.408 e. The van der Waals surface area contributed by atoms with Crippen LogP contribution in [-0.4, -0.2) is 61.0 Å². The fourth-order valence-corrected chi connectivity index (χ4v) is 4.62. The van der Waals surface area contributed by atoms with Gasteiger partial charge in [0.05, 0.1) is 0 Å². The standard InChI is InChI=1S/C34H51N7O5/c1-23(2)20-28(31(43)38-21-29(24(3)4)39-30(42)18-17-25-12-7-5-8-13-25)40-32(44)27(16-11-19-37-33(35)36)41-34(45)46-22-26-14-9-6-10-15-26/h5-10,12-15,23-24,27-29H,11,16-22H2,1-4H3,(H,38,43)(H,39,42)(H,40,44)(H,41,45)(H4,35,36,37)/t27-,28-,29+/m0/s1. The zero-order valence-corrected chi connectivity index (χ0v) is 27.5. The van der Waals surface area contributed by atoms with E-state index in [1.807, 2.05) is 88.4 Å². The van der Waals surface area contributed by atoms with Crippen molar-refractivity contribution >= 4 is 29.8 Å². The van der Waals surface area contributed by atoms with E-state index in [0.29, 0.717) is 25.7 Å². The van der Waals surface area contributed by atoms with Gasteiger partial charge < -0.3 is 37.5 Å². The molecule has 2 aromatic rings. The van der Waals surface area contributed by atoms with E-state index in [0.717, 1.165) is 11.1 Å². The van der Waals surface area contributed by atoms with Gasteiger partial charge in [0.1, 0.15) is 18.7 Å². The van der Waals surface area contributed by atoms with Gasteiger partial charge in [-0.2, -0.15) is 0 Å². The lowest BCUT2D eigenvalue weighted by Gasteiger charge is -2.26. The summed E-state index contributed by atoms with van der Waals surface area (Å²) in [4.78, 5) is 56.1. The molecule has 8 N–H and O–H groups in total. The van der Waals surface area contributed by atoms with E-state index in [-0.39, 0.29) is 61.8 Å². The minimum atomic E-state index is -0.993. The summed E-state index contributed by atoms with van der Waals surface area (Å²) in [5, 5.41) is 11.4. The molecule has 0 spiro atoms. The topological polar surface area (TPSA) is 190 Å². The van der Waals surface area contributed by atoms with Crippen LogP contribution in [0.1, 0.15) is 64.5 Å². The minimum absolute atomic E-state index is 0.0349. The molecule has 252 valence electrons. The fourth-order valence-electron chi connectivity index (χ4n) is 4.62. The Morgan fingerprint density at radius 2 is 1.43 bits per heavy atom. The number of rotatable bonds is 19. The van der Waals surface area contributed by atoms with Crippen LogP contribution in [0.5, 0.6) is 0 Å². The number of carbonyl (C=O) groups excluding carboxylic acids is 4. The highest BCUT2D eigenvalue weighted by atomic mass is 16.5. The summed E-state index contributed by atoms with van der Waals surface area (Å²) in [7, 11) is 0. The maximum absolute atomic E-state index is 13.5. The Balaban J connectivity index is 2.02. The largest absolute Gasteiger partial charge is 0.445 e. The van der Waals surface area contributed by atoms with Crippen molar-refractivity contribution in [3.63, 3.8) is 0 Å². The predicted molar refractivity (Wildman–Crippen MR) is 179 cm³/mol. The molecule has 0 aliphatic carbocycles. The number of hydrogen-bond acceptors (Lipinski definition) is 6. The minimum Gasteiger partial charge on any atom is -0.445 e. The van der Waals surface area contributed by atoms with Crippen LogP contribution in [0.2, 0.25) is 0 Å². The van der Waals surface area contributed by atoms with Gasteiger partial charge in [-0.3, -0.25) is 19.4 Å². The Kier molecular flexibility index (Phi) is 16.7. The van der Waals surface area contributed by atoms with Crippen LogP contribution in [0.25, 0.3) is 0 Å². The van der Waals surface area contributed by atoms with Gasteiger partial charge in [-0.15, -0.1) is 0 Å². The van der Waals surface area contributed by atoms with Crippen LogP contribution in [0.3, 0.4) is 0 Å². The van der Waals surface area contributed by atoms with E-state index >= 15 is 0 Å². The molecular formula is C34H51N7O5. The van der Waals surface area contributed by atoms with Crippen molar-refractivity contribution in [1.29, 1.82) is 0 Å². The number of ether oxygens (including phenoxy) is 1. The summed E-state index contributed by atoms with van der Waals surface area (Å²) in [5.41, 5.74) is 12.7. The number of nitrogens with two attached hydrogens (primary N) is 2. The summed E-state index contributed by atoms with van der Waals surface area (Å²) >= 11 is 0. The lowest BCUT2D eigenvalue weighted by Crippen LogP contribution is -2.55. The van der Waals surface area contributed by atoms with Crippen LogP contribution >= 0.6 is 0 Å². The quantitative estimate of drug-likeness (QED) is 0.0775. The molecule has 0 aliphatic rings. The predicted octanol–water partition coefficient (Wildman–Crippen LogP) is 2.76. The zero-order chi connectivity index (χ0) is 33.9. The SMILES string of the molecule is CC(C)C[C@H](NC(=O)[C@H](CCCN=C(N)N)NC(=O)OCc1ccccc1)C(=O)NC[C@@H](NC(=O)CCc1ccccc1)C(C)C. The van der Waals surface area contributed by atoms with E-state index in [1.54, 1.807) is 0 Å². The van der Waals surface area contributed by atoms with Gasteiger partial charge >= 0.3 is 6.09 Å². The first-order valence-electron chi connectivity index (χ1n) is 15.9. The number of nitrogens with one attached hydrogen (secondary N) is 4. The Hall–Kier alpha value is -4.61. The first kappa shape index (κ1) is 37.6. The molecular weight excluding hydrogens is 586 g/mol. The number of hydrogen-bond donors (Lipinski definition) is 6. The molecule has 0 heterocycles. The lowest BCUT2D eigenvalue weighted by atomic mass is 10.0. The fraction of sp³-hybridized carbons (Fsp3) is 0.500. The monoisotopic (exact) mass is 637 g/mol. The third-order valence-electron chi connectivity index (χ3n) is 7.24. The molecule has 0 bridgehead atoms. The van der Waals surface area contributed by atoms with Crippen molar-refractivity contribution < 1.29 is 23.9 Å². The first-order chi connectivity index (χ1) is 21.9. The maximum Gasteiger partial charge on any atom is 0.408 e. The van der Waals surface area contributed by atoms with Crippen LogP contribution < -0.4 is 32.7 Å². The Bertz CT molecular complexity index is 1250. The van der Waals surface area contributed by atoms with Crippen molar-refractivity contribution in [1.82, 2.24) is 21.3 Å². The molecule has 46 heavy (non-hydrogen) atoms. The third kappa shape index (κ3) is 15.4. The molecule has 0 saturated heterocycles. The molecule has 0 saturated carbocycles. The van der Waals surface area contributed by atoms with Gasteiger partial charge in [-0.1, -0.05) is 88.4 Å². The molecule has 0 unspecified atom stereocenters. The van der Waals surface area contributed by atoms with Gasteiger partial charge in [0, 0.05) is 25.6 Å². The van der Waals surface area contributed by atoms with E-state index < -0.39 is 24.1 Å². The van der Waals surface area contributed by atoms with Crippen molar-refractivity contribution in [2.24, 2.45) is 28.3 Å². The van der Waals surface area contributed by atoms with E-state index in [1.165, 1.54) is 0 Å². The highest BCUT2D eigenvalue weighted by Gasteiger charge is 2.28. The molecule has 2 aromatic carbocycles. The van der Waals surface area contributed by atoms with Gasteiger partial charge in [0.2, 0.25) is 17.7 Å². The van der Waals surface area contributed by atoms with Gasteiger partial charge in [0.15, 0.2) is 5.96 Å². The highest BCUT2D eigenvalue weighted by Crippen LogP contribution is 2.09. The number of aliphatic imine (C=N–C) groups is 1. The zero-order valence-electron chi connectivity index (χ0n) is 27.5. The highest BCUT2D eigenvalue weighted by molar-refractivity contribution is 5.91.